The van der Waals surface area contributed by atoms with Gasteiger partial charge in [-0.1, -0.05) is 0 Å². The van der Waals surface area contributed by atoms with Gasteiger partial charge in [0.15, 0.2) is 0 Å². The lowest BCUT2D eigenvalue weighted by atomic mass is 10.1. The van der Waals surface area contributed by atoms with Gasteiger partial charge in [-0.2, -0.15) is 5.26 Å². The first-order chi connectivity index (χ1) is 8.01. The number of nitriles is 1. The molecule has 3 nitrogen and oxygen atoms in total. The summed E-state index contributed by atoms with van der Waals surface area (Å²) < 4.78 is 30.2. The summed E-state index contributed by atoms with van der Waals surface area (Å²) in [6, 6.07) is 3.92. The molecule has 0 spiro atoms. The van der Waals surface area contributed by atoms with Gasteiger partial charge in [-0.25, -0.2) is 13.6 Å². The van der Waals surface area contributed by atoms with Gasteiger partial charge in [0, 0.05) is 9.13 Å². The Labute approximate surface area is 111 Å². The normalized spacial score (nSPS) is 10.1. The van der Waals surface area contributed by atoms with Crippen LogP contribution in [0.2, 0.25) is 0 Å². The molecule has 0 heterocycles. The first-order valence-corrected chi connectivity index (χ1v) is 5.78. The van der Waals surface area contributed by atoms with E-state index in [1.54, 1.807) is 35.6 Å². The molecule has 90 valence electrons. The van der Waals surface area contributed by atoms with Crippen molar-refractivity contribution in [2.24, 2.45) is 0 Å². The number of esters is 1. The molecule has 0 atom stereocenters. The highest BCUT2D eigenvalue weighted by atomic mass is 127. The number of hydrogen-bond donors (Lipinski definition) is 0. The van der Waals surface area contributed by atoms with Gasteiger partial charge >= 0.3 is 5.97 Å². The van der Waals surface area contributed by atoms with Crippen LogP contribution in [0.4, 0.5) is 8.78 Å². The summed E-state index contributed by atoms with van der Waals surface area (Å²) in [6.07, 6.45) is -2.73. The minimum absolute atomic E-state index is 0.00167. The largest absolute Gasteiger partial charge is 0.462 e. The lowest BCUT2D eigenvalue weighted by Crippen LogP contribution is -2.09. The Hall–Kier alpha value is -1.23. The average Bonchev–Trinajstić information content (AvgIpc) is 2.29. The zero-order valence-electron chi connectivity index (χ0n) is 8.84. The number of ether oxygens (including phenoxy) is 1. The Morgan fingerprint density at radius 3 is 2.71 bits per heavy atom. The molecular weight excluding hydrogens is 343 g/mol. The van der Waals surface area contributed by atoms with Crippen molar-refractivity contribution in [1.29, 1.82) is 5.26 Å². The molecule has 17 heavy (non-hydrogen) atoms. The summed E-state index contributed by atoms with van der Waals surface area (Å²) in [7, 11) is 0. The second kappa shape index (κ2) is 5.91. The molecule has 1 aromatic carbocycles. The van der Waals surface area contributed by atoms with E-state index in [9.17, 15) is 13.6 Å². The first-order valence-electron chi connectivity index (χ1n) is 4.70. The van der Waals surface area contributed by atoms with Crippen LogP contribution in [0.5, 0.6) is 0 Å². The highest BCUT2D eigenvalue weighted by molar-refractivity contribution is 14.1. The summed E-state index contributed by atoms with van der Waals surface area (Å²) in [6.45, 7) is 1.77. The minimum atomic E-state index is -2.73. The summed E-state index contributed by atoms with van der Waals surface area (Å²) >= 11 is 1.77. The minimum Gasteiger partial charge on any atom is -0.462 e. The third-order valence-corrected chi connectivity index (χ3v) is 3.12. The van der Waals surface area contributed by atoms with Crippen molar-refractivity contribution < 1.29 is 18.3 Å². The molecule has 0 aliphatic rings. The van der Waals surface area contributed by atoms with Crippen LogP contribution in [0.1, 0.15) is 34.8 Å². The van der Waals surface area contributed by atoms with Gasteiger partial charge in [0.1, 0.15) is 6.07 Å². The Morgan fingerprint density at radius 2 is 2.24 bits per heavy atom. The summed E-state index contributed by atoms with van der Waals surface area (Å²) in [4.78, 5) is 11.5. The van der Waals surface area contributed by atoms with E-state index >= 15 is 0 Å². The van der Waals surface area contributed by atoms with Crippen LogP contribution in [0.15, 0.2) is 12.1 Å². The fraction of sp³-hybridized carbons (Fsp3) is 0.273. The standard InChI is InChI=1S/C11H8F2INO2/c1-2-17-11(16)8-4-6(10(12)13)3-7(5-15)9(8)14/h3-4,10H,2H2,1H3. The van der Waals surface area contributed by atoms with Crippen molar-refractivity contribution >= 4 is 28.6 Å². The van der Waals surface area contributed by atoms with E-state index in [0.717, 1.165) is 12.1 Å². The molecule has 0 aliphatic carbocycles. The van der Waals surface area contributed by atoms with Crippen molar-refractivity contribution in [2.45, 2.75) is 13.3 Å². The molecule has 0 saturated heterocycles. The molecule has 0 aliphatic heterocycles. The molecule has 0 radical (unpaired) electrons. The number of rotatable bonds is 3. The predicted molar refractivity (Wildman–Crippen MR) is 64.8 cm³/mol. The molecule has 0 bridgehead atoms. The molecule has 0 unspecified atom stereocenters. The van der Waals surface area contributed by atoms with Crippen molar-refractivity contribution in [2.75, 3.05) is 6.61 Å². The molecule has 0 saturated carbocycles. The van der Waals surface area contributed by atoms with Crippen LogP contribution in [0, 0.1) is 14.9 Å². The van der Waals surface area contributed by atoms with E-state index in [-0.39, 0.29) is 23.3 Å². The fourth-order valence-electron chi connectivity index (χ4n) is 1.21. The molecule has 1 rings (SSSR count). The Bertz CT molecular complexity index is 483. The van der Waals surface area contributed by atoms with E-state index in [2.05, 4.69) is 0 Å². The topological polar surface area (TPSA) is 50.1 Å². The second-order valence-electron chi connectivity index (χ2n) is 3.06. The average molecular weight is 351 g/mol. The van der Waals surface area contributed by atoms with E-state index in [1.807, 2.05) is 0 Å². The van der Waals surface area contributed by atoms with E-state index < -0.39 is 12.4 Å². The van der Waals surface area contributed by atoms with E-state index in [4.69, 9.17) is 10.00 Å². The van der Waals surface area contributed by atoms with E-state index in [1.165, 1.54) is 0 Å². The molecule has 0 amide bonds. The maximum Gasteiger partial charge on any atom is 0.339 e. The van der Waals surface area contributed by atoms with Gasteiger partial charge in [0.05, 0.1) is 17.7 Å². The third kappa shape index (κ3) is 3.12. The van der Waals surface area contributed by atoms with Gasteiger partial charge in [-0.15, -0.1) is 0 Å². The third-order valence-electron chi connectivity index (χ3n) is 1.96. The number of alkyl halides is 2. The number of hydrogen-bond acceptors (Lipinski definition) is 3. The smallest absolute Gasteiger partial charge is 0.339 e. The van der Waals surface area contributed by atoms with Crippen LogP contribution in [-0.4, -0.2) is 12.6 Å². The number of halogens is 3. The highest BCUT2D eigenvalue weighted by Gasteiger charge is 2.19. The molecule has 1 aromatic rings. The van der Waals surface area contributed by atoms with Crippen molar-refractivity contribution in [3.8, 4) is 6.07 Å². The van der Waals surface area contributed by atoms with Gasteiger partial charge in [0.25, 0.3) is 6.43 Å². The Balaban J connectivity index is 3.33. The summed E-state index contributed by atoms with van der Waals surface area (Å²) in [5, 5.41) is 8.81. The maximum atomic E-state index is 12.6. The van der Waals surface area contributed by atoms with Gasteiger partial charge in [-0.05, 0) is 41.6 Å². The zero-order valence-corrected chi connectivity index (χ0v) is 11.0. The summed E-state index contributed by atoms with van der Waals surface area (Å²) in [5.74, 6) is -0.698. The lowest BCUT2D eigenvalue weighted by Gasteiger charge is -2.08. The molecule has 0 N–H and O–H groups in total. The fourth-order valence-corrected chi connectivity index (χ4v) is 1.86. The van der Waals surface area contributed by atoms with Crippen LogP contribution in [0.3, 0.4) is 0 Å². The highest BCUT2D eigenvalue weighted by Crippen LogP contribution is 2.26. The first kappa shape index (κ1) is 13.8. The van der Waals surface area contributed by atoms with Crippen LogP contribution >= 0.6 is 22.6 Å². The van der Waals surface area contributed by atoms with Crippen LogP contribution in [0.25, 0.3) is 0 Å². The number of benzene rings is 1. The van der Waals surface area contributed by atoms with Crippen LogP contribution in [-0.2, 0) is 4.74 Å². The van der Waals surface area contributed by atoms with Gasteiger partial charge in [-0.3, -0.25) is 0 Å². The second-order valence-corrected chi connectivity index (χ2v) is 4.14. The van der Waals surface area contributed by atoms with Crippen LogP contribution < -0.4 is 0 Å². The van der Waals surface area contributed by atoms with E-state index in [0.29, 0.717) is 3.57 Å². The Morgan fingerprint density at radius 1 is 1.59 bits per heavy atom. The van der Waals surface area contributed by atoms with Crippen molar-refractivity contribution in [3.63, 3.8) is 0 Å². The van der Waals surface area contributed by atoms with Gasteiger partial charge in [0.2, 0.25) is 0 Å². The van der Waals surface area contributed by atoms with Crippen molar-refractivity contribution in [3.05, 3.63) is 32.4 Å². The maximum absolute atomic E-state index is 12.6. The Kier molecular flexibility index (Phi) is 4.81. The number of carbonyl (C=O) groups is 1. The molecule has 0 fully saturated rings. The lowest BCUT2D eigenvalue weighted by molar-refractivity contribution is 0.0524. The quantitative estimate of drug-likeness (QED) is 0.620. The molecule has 6 heteroatoms. The zero-order chi connectivity index (χ0) is 13.0. The number of carbonyl (C=O) groups excluding carboxylic acids is 1. The monoisotopic (exact) mass is 351 g/mol. The SMILES string of the molecule is CCOC(=O)c1cc(C(F)F)cc(C#N)c1I. The summed E-state index contributed by atoms with van der Waals surface area (Å²) in [5.41, 5.74) is -0.307. The molecule has 0 aromatic heterocycles. The van der Waals surface area contributed by atoms with Crippen molar-refractivity contribution in [1.82, 2.24) is 0 Å². The number of nitrogens with zero attached hydrogens (tertiary/aromatic N) is 1. The predicted octanol–water partition coefficient (Wildman–Crippen LogP) is 3.28. The van der Waals surface area contributed by atoms with Gasteiger partial charge < -0.3 is 4.74 Å². The molecular formula is C11H8F2INO2.